The third-order valence-electron chi connectivity index (χ3n) is 2.95. The number of benzene rings is 1. The van der Waals surface area contributed by atoms with E-state index in [0.29, 0.717) is 17.2 Å². The van der Waals surface area contributed by atoms with Crippen LogP contribution < -0.4 is 10.1 Å². The first-order valence-corrected chi connectivity index (χ1v) is 7.18. The number of carbonyl (C=O) groups is 2. The highest BCUT2D eigenvalue weighted by atomic mass is 35.5. The largest absolute Gasteiger partial charge is 0.480 e. The average Bonchev–Trinajstić information content (AvgIpc) is 2.41. The normalized spacial score (nSPS) is 13.6. The minimum atomic E-state index is -1.06. The van der Waals surface area contributed by atoms with Gasteiger partial charge in [0.25, 0.3) is 5.91 Å². The van der Waals surface area contributed by atoms with Crippen LogP contribution in [0.4, 0.5) is 0 Å². The highest BCUT2D eigenvalue weighted by Gasteiger charge is 2.28. The van der Waals surface area contributed by atoms with E-state index in [1.807, 2.05) is 13.8 Å². The van der Waals surface area contributed by atoms with Crippen molar-refractivity contribution < 1.29 is 19.4 Å². The molecular weight excluding hydrogens is 294 g/mol. The molecule has 2 N–H and O–H groups in total. The number of ether oxygens (including phenoxy) is 1. The minimum Gasteiger partial charge on any atom is -0.480 e. The van der Waals surface area contributed by atoms with Crippen LogP contribution in [0.1, 0.15) is 27.2 Å². The zero-order chi connectivity index (χ0) is 16.0. The maximum Gasteiger partial charge on any atom is 0.326 e. The lowest BCUT2D eigenvalue weighted by atomic mass is 10.1. The first-order chi connectivity index (χ1) is 9.85. The lowest BCUT2D eigenvalue weighted by molar-refractivity contribution is -0.143. The van der Waals surface area contributed by atoms with Gasteiger partial charge in [-0.3, -0.25) is 4.79 Å². The van der Waals surface area contributed by atoms with Gasteiger partial charge in [-0.1, -0.05) is 38.4 Å². The van der Waals surface area contributed by atoms with Crippen molar-refractivity contribution in [1.82, 2.24) is 5.32 Å². The van der Waals surface area contributed by atoms with Crippen LogP contribution in [0, 0.1) is 5.92 Å². The van der Waals surface area contributed by atoms with Gasteiger partial charge in [0.1, 0.15) is 11.8 Å². The van der Waals surface area contributed by atoms with E-state index in [2.05, 4.69) is 5.32 Å². The van der Waals surface area contributed by atoms with Crippen LogP contribution in [-0.2, 0) is 9.59 Å². The third kappa shape index (κ3) is 5.27. The summed E-state index contributed by atoms with van der Waals surface area (Å²) >= 11 is 5.88. The van der Waals surface area contributed by atoms with E-state index >= 15 is 0 Å². The molecule has 0 aliphatic rings. The van der Waals surface area contributed by atoms with Crippen molar-refractivity contribution in [3.05, 3.63) is 29.3 Å². The van der Waals surface area contributed by atoms with Gasteiger partial charge >= 0.3 is 5.97 Å². The van der Waals surface area contributed by atoms with Gasteiger partial charge in [0.15, 0.2) is 6.10 Å². The van der Waals surface area contributed by atoms with Crippen LogP contribution in [0.25, 0.3) is 0 Å². The number of aliphatic carboxylic acids is 1. The van der Waals surface area contributed by atoms with Crippen molar-refractivity contribution in [3.8, 4) is 5.75 Å². The molecule has 0 aliphatic heterocycles. The van der Waals surface area contributed by atoms with Crippen molar-refractivity contribution in [2.24, 2.45) is 5.92 Å². The predicted octanol–water partition coefficient (Wildman–Crippen LogP) is 2.72. The fourth-order valence-corrected chi connectivity index (χ4v) is 1.95. The quantitative estimate of drug-likeness (QED) is 0.811. The Labute approximate surface area is 129 Å². The Morgan fingerprint density at radius 3 is 2.52 bits per heavy atom. The zero-order valence-corrected chi connectivity index (χ0v) is 13.1. The highest BCUT2D eigenvalue weighted by molar-refractivity contribution is 6.30. The molecule has 0 saturated heterocycles. The topological polar surface area (TPSA) is 75.6 Å². The van der Waals surface area contributed by atoms with Gasteiger partial charge in [-0.2, -0.15) is 0 Å². The summed E-state index contributed by atoms with van der Waals surface area (Å²) < 4.78 is 5.65. The molecule has 5 nitrogen and oxygen atoms in total. The Kier molecular flexibility index (Phi) is 6.49. The molecule has 0 heterocycles. The smallest absolute Gasteiger partial charge is 0.326 e. The molecule has 2 atom stereocenters. The SMILES string of the molecule is CCC(NC(=O)C(Oc1cccc(Cl)c1)C(C)C)C(=O)O. The number of rotatable bonds is 7. The summed E-state index contributed by atoms with van der Waals surface area (Å²) in [5, 5.41) is 12.0. The summed E-state index contributed by atoms with van der Waals surface area (Å²) in [6.45, 7) is 5.36. The molecule has 21 heavy (non-hydrogen) atoms. The summed E-state index contributed by atoms with van der Waals surface area (Å²) in [7, 11) is 0. The van der Waals surface area contributed by atoms with Crippen molar-refractivity contribution >= 4 is 23.5 Å². The van der Waals surface area contributed by atoms with Gasteiger partial charge in [0.05, 0.1) is 0 Å². The maximum absolute atomic E-state index is 12.2. The lowest BCUT2D eigenvalue weighted by Gasteiger charge is -2.23. The first-order valence-electron chi connectivity index (χ1n) is 6.80. The van der Waals surface area contributed by atoms with Gasteiger partial charge in [0, 0.05) is 5.02 Å². The monoisotopic (exact) mass is 313 g/mol. The molecule has 0 aliphatic carbocycles. The van der Waals surface area contributed by atoms with Crippen LogP contribution in [-0.4, -0.2) is 29.1 Å². The summed E-state index contributed by atoms with van der Waals surface area (Å²) in [4.78, 5) is 23.2. The standard InChI is InChI=1S/C15H20ClNO4/c1-4-12(15(19)20)17-14(18)13(9(2)3)21-11-7-5-6-10(16)8-11/h5-9,12-13H,4H2,1-3H3,(H,17,18)(H,19,20). The molecule has 0 aromatic heterocycles. The van der Waals surface area contributed by atoms with Gasteiger partial charge < -0.3 is 15.2 Å². The predicted molar refractivity (Wildman–Crippen MR) is 80.6 cm³/mol. The summed E-state index contributed by atoms with van der Waals surface area (Å²) in [5.74, 6) is -1.15. The Balaban J connectivity index is 2.81. The van der Waals surface area contributed by atoms with Crippen LogP contribution in [0.5, 0.6) is 5.75 Å². The van der Waals surface area contributed by atoms with Crippen LogP contribution in [0.15, 0.2) is 24.3 Å². The molecule has 6 heteroatoms. The van der Waals surface area contributed by atoms with Crippen LogP contribution in [0.2, 0.25) is 5.02 Å². The summed E-state index contributed by atoms with van der Waals surface area (Å²) in [6.07, 6.45) is -0.472. The van der Waals surface area contributed by atoms with Crippen molar-refractivity contribution in [3.63, 3.8) is 0 Å². The molecule has 1 amide bonds. The molecular formula is C15H20ClNO4. The molecule has 2 unspecified atom stereocenters. The Morgan fingerprint density at radius 2 is 2.05 bits per heavy atom. The summed E-state index contributed by atoms with van der Waals surface area (Å²) in [5.41, 5.74) is 0. The fourth-order valence-electron chi connectivity index (χ4n) is 1.77. The average molecular weight is 314 g/mol. The molecule has 1 aromatic rings. The number of hydrogen-bond acceptors (Lipinski definition) is 3. The molecule has 0 fully saturated rings. The van der Waals surface area contributed by atoms with Crippen molar-refractivity contribution in [2.45, 2.75) is 39.3 Å². The highest BCUT2D eigenvalue weighted by Crippen LogP contribution is 2.20. The van der Waals surface area contributed by atoms with E-state index in [1.54, 1.807) is 31.2 Å². The molecule has 0 saturated carbocycles. The number of hydrogen-bond donors (Lipinski definition) is 2. The fraction of sp³-hybridized carbons (Fsp3) is 0.467. The number of carboxylic acid groups (broad SMARTS) is 1. The second-order valence-corrected chi connectivity index (χ2v) is 5.48. The molecule has 0 radical (unpaired) electrons. The van der Waals surface area contributed by atoms with Crippen molar-refractivity contribution in [1.29, 1.82) is 0 Å². The molecule has 1 aromatic carbocycles. The molecule has 0 bridgehead atoms. The van der Waals surface area contributed by atoms with Gasteiger partial charge in [-0.15, -0.1) is 0 Å². The molecule has 1 rings (SSSR count). The van der Waals surface area contributed by atoms with E-state index < -0.39 is 24.0 Å². The Hall–Kier alpha value is -1.75. The van der Waals surface area contributed by atoms with Crippen molar-refractivity contribution in [2.75, 3.05) is 0 Å². The summed E-state index contributed by atoms with van der Waals surface area (Å²) in [6, 6.07) is 5.82. The minimum absolute atomic E-state index is 0.115. The van der Waals surface area contributed by atoms with Crippen LogP contribution >= 0.6 is 11.6 Å². The van der Waals surface area contributed by atoms with E-state index in [1.165, 1.54) is 0 Å². The Bertz CT molecular complexity index is 504. The van der Waals surface area contributed by atoms with Gasteiger partial charge in [-0.25, -0.2) is 4.79 Å². The number of carboxylic acids is 1. The second-order valence-electron chi connectivity index (χ2n) is 5.05. The molecule has 0 spiro atoms. The number of carbonyl (C=O) groups excluding carboxylic acids is 1. The van der Waals surface area contributed by atoms with E-state index in [4.69, 9.17) is 21.4 Å². The number of amides is 1. The number of halogens is 1. The third-order valence-corrected chi connectivity index (χ3v) is 3.18. The van der Waals surface area contributed by atoms with Gasteiger partial charge in [-0.05, 0) is 30.5 Å². The zero-order valence-electron chi connectivity index (χ0n) is 12.3. The number of nitrogens with one attached hydrogen (secondary N) is 1. The van der Waals surface area contributed by atoms with Gasteiger partial charge in [0.2, 0.25) is 0 Å². The maximum atomic E-state index is 12.2. The van der Waals surface area contributed by atoms with E-state index in [9.17, 15) is 9.59 Å². The van der Waals surface area contributed by atoms with E-state index in [0.717, 1.165) is 0 Å². The first kappa shape index (κ1) is 17.3. The van der Waals surface area contributed by atoms with Crippen LogP contribution in [0.3, 0.4) is 0 Å². The van der Waals surface area contributed by atoms with E-state index in [-0.39, 0.29) is 5.92 Å². The Morgan fingerprint density at radius 1 is 1.38 bits per heavy atom. The lowest BCUT2D eigenvalue weighted by Crippen LogP contribution is -2.48. The second kappa shape index (κ2) is 7.88. The molecule has 116 valence electrons.